The number of hydrogen-bond donors (Lipinski definition) is 2. The highest BCUT2D eigenvalue weighted by Gasteiger charge is 2.14. The Labute approximate surface area is 112 Å². The summed E-state index contributed by atoms with van der Waals surface area (Å²) >= 11 is 0. The maximum Gasteiger partial charge on any atom is 0.148 e. The Kier molecular flexibility index (Phi) is 4.35. The van der Waals surface area contributed by atoms with Gasteiger partial charge in [0.25, 0.3) is 0 Å². The van der Waals surface area contributed by atoms with E-state index >= 15 is 0 Å². The fourth-order valence-corrected chi connectivity index (χ4v) is 2.07. The van der Waals surface area contributed by atoms with Crippen molar-refractivity contribution < 1.29 is 4.42 Å². The number of hydrazine groups is 1. The molecule has 2 aromatic heterocycles. The lowest BCUT2D eigenvalue weighted by Gasteiger charge is -2.21. The van der Waals surface area contributed by atoms with E-state index in [-0.39, 0.29) is 0 Å². The van der Waals surface area contributed by atoms with E-state index in [1.807, 2.05) is 13.1 Å². The third-order valence-electron chi connectivity index (χ3n) is 2.92. The van der Waals surface area contributed by atoms with Gasteiger partial charge in [0.2, 0.25) is 0 Å². The fraction of sp³-hybridized carbons (Fsp3) is 0.385. The molecule has 0 saturated carbocycles. The number of hydrogen-bond acceptors (Lipinski definition) is 6. The maximum absolute atomic E-state index is 5.51. The van der Waals surface area contributed by atoms with Crippen molar-refractivity contribution in [2.45, 2.75) is 26.3 Å². The molecule has 2 rings (SSSR count). The third kappa shape index (κ3) is 3.03. The van der Waals surface area contributed by atoms with Crippen LogP contribution in [0, 0.1) is 0 Å². The van der Waals surface area contributed by atoms with Gasteiger partial charge in [-0.1, -0.05) is 13.3 Å². The van der Waals surface area contributed by atoms with Gasteiger partial charge < -0.3 is 14.7 Å². The standard InChI is InChI=1S/C13H19N5O/c1-3-4-11-12(17-14)15-9-16-13(11)18(2)7-10-5-6-19-8-10/h5-6,8-9H,3-4,7,14H2,1-2H3,(H,15,16,17). The zero-order valence-electron chi connectivity index (χ0n) is 11.3. The number of anilines is 2. The summed E-state index contributed by atoms with van der Waals surface area (Å²) in [5, 5.41) is 0. The second kappa shape index (κ2) is 6.19. The largest absolute Gasteiger partial charge is 0.472 e. The number of rotatable bonds is 6. The molecule has 0 aliphatic heterocycles. The molecule has 0 atom stereocenters. The van der Waals surface area contributed by atoms with Crippen LogP contribution in [0.3, 0.4) is 0 Å². The van der Waals surface area contributed by atoms with Gasteiger partial charge in [-0.2, -0.15) is 0 Å². The van der Waals surface area contributed by atoms with Crippen LogP contribution in [0.4, 0.5) is 11.6 Å². The summed E-state index contributed by atoms with van der Waals surface area (Å²) in [6, 6.07) is 1.94. The topological polar surface area (TPSA) is 80.2 Å². The molecule has 0 spiro atoms. The van der Waals surface area contributed by atoms with Crippen molar-refractivity contribution in [1.82, 2.24) is 9.97 Å². The highest BCUT2D eigenvalue weighted by atomic mass is 16.3. The molecule has 0 saturated heterocycles. The second-order valence-electron chi connectivity index (χ2n) is 4.41. The minimum Gasteiger partial charge on any atom is -0.472 e. The molecule has 2 aromatic rings. The summed E-state index contributed by atoms with van der Waals surface area (Å²) in [5.74, 6) is 7.09. The monoisotopic (exact) mass is 261 g/mol. The quantitative estimate of drug-likeness (QED) is 0.611. The van der Waals surface area contributed by atoms with Gasteiger partial charge in [0, 0.05) is 24.7 Å². The Balaban J connectivity index is 2.27. The van der Waals surface area contributed by atoms with Crippen LogP contribution < -0.4 is 16.2 Å². The molecule has 0 radical (unpaired) electrons. The third-order valence-corrected chi connectivity index (χ3v) is 2.92. The highest BCUT2D eigenvalue weighted by Crippen LogP contribution is 2.24. The lowest BCUT2D eigenvalue weighted by Crippen LogP contribution is -2.21. The SMILES string of the molecule is CCCc1c(NN)ncnc1N(C)Cc1ccoc1. The Morgan fingerprint density at radius 1 is 1.42 bits per heavy atom. The molecular formula is C13H19N5O. The lowest BCUT2D eigenvalue weighted by molar-refractivity contribution is 0.563. The number of nitrogen functional groups attached to an aromatic ring is 1. The van der Waals surface area contributed by atoms with Gasteiger partial charge in [-0.25, -0.2) is 15.8 Å². The minimum atomic E-state index is 0.686. The first-order valence-electron chi connectivity index (χ1n) is 6.29. The Hall–Kier alpha value is -2.08. The smallest absolute Gasteiger partial charge is 0.148 e. The normalized spacial score (nSPS) is 10.5. The van der Waals surface area contributed by atoms with Crippen LogP contribution in [-0.2, 0) is 13.0 Å². The predicted molar refractivity (Wildman–Crippen MR) is 74.7 cm³/mol. The van der Waals surface area contributed by atoms with Crippen molar-refractivity contribution in [3.8, 4) is 0 Å². The van der Waals surface area contributed by atoms with E-state index in [1.165, 1.54) is 6.33 Å². The average molecular weight is 261 g/mol. The van der Waals surface area contributed by atoms with E-state index in [0.29, 0.717) is 5.82 Å². The highest BCUT2D eigenvalue weighted by molar-refractivity contribution is 5.58. The van der Waals surface area contributed by atoms with Gasteiger partial charge >= 0.3 is 0 Å². The molecule has 19 heavy (non-hydrogen) atoms. The van der Waals surface area contributed by atoms with E-state index in [4.69, 9.17) is 10.3 Å². The molecule has 0 aliphatic rings. The van der Waals surface area contributed by atoms with Crippen molar-refractivity contribution in [3.05, 3.63) is 36.0 Å². The molecule has 0 aromatic carbocycles. The van der Waals surface area contributed by atoms with Crippen molar-refractivity contribution in [3.63, 3.8) is 0 Å². The van der Waals surface area contributed by atoms with Crippen LogP contribution in [0.25, 0.3) is 0 Å². The predicted octanol–water partition coefficient (Wildman–Crippen LogP) is 1.94. The average Bonchev–Trinajstić information content (AvgIpc) is 2.92. The van der Waals surface area contributed by atoms with Gasteiger partial charge in [-0.15, -0.1) is 0 Å². The number of furan rings is 1. The molecular weight excluding hydrogens is 242 g/mol. The van der Waals surface area contributed by atoms with Crippen LogP contribution in [0.2, 0.25) is 0 Å². The first-order valence-corrected chi connectivity index (χ1v) is 6.29. The van der Waals surface area contributed by atoms with Crippen LogP contribution in [0.1, 0.15) is 24.5 Å². The summed E-state index contributed by atoms with van der Waals surface area (Å²) in [5.41, 5.74) is 4.78. The molecule has 0 aliphatic carbocycles. The molecule has 3 N–H and O–H groups in total. The second-order valence-corrected chi connectivity index (χ2v) is 4.41. The van der Waals surface area contributed by atoms with E-state index in [1.54, 1.807) is 12.5 Å². The summed E-state index contributed by atoms with van der Waals surface area (Å²) < 4.78 is 5.08. The summed E-state index contributed by atoms with van der Waals surface area (Å²) in [6.07, 6.45) is 6.82. The van der Waals surface area contributed by atoms with Crippen LogP contribution in [-0.4, -0.2) is 17.0 Å². The van der Waals surface area contributed by atoms with Gasteiger partial charge in [-0.3, -0.25) is 0 Å². The van der Waals surface area contributed by atoms with Crippen LogP contribution in [0.15, 0.2) is 29.3 Å². The molecule has 102 valence electrons. The number of nitrogens with two attached hydrogens (primary N) is 1. The van der Waals surface area contributed by atoms with Crippen LogP contribution >= 0.6 is 0 Å². The van der Waals surface area contributed by atoms with E-state index in [2.05, 4.69) is 27.2 Å². The zero-order chi connectivity index (χ0) is 13.7. The van der Waals surface area contributed by atoms with Crippen molar-refractivity contribution in [1.29, 1.82) is 0 Å². The fourth-order valence-electron chi connectivity index (χ4n) is 2.07. The number of aromatic nitrogens is 2. The van der Waals surface area contributed by atoms with Gasteiger partial charge in [0.1, 0.15) is 18.0 Å². The van der Waals surface area contributed by atoms with Crippen LogP contribution in [0.5, 0.6) is 0 Å². The van der Waals surface area contributed by atoms with Crippen molar-refractivity contribution in [2.24, 2.45) is 5.84 Å². The molecule has 2 heterocycles. The molecule has 6 nitrogen and oxygen atoms in total. The van der Waals surface area contributed by atoms with E-state index < -0.39 is 0 Å². The molecule has 0 unspecified atom stereocenters. The molecule has 0 bridgehead atoms. The lowest BCUT2D eigenvalue weighted by atomic mass is 10.1. The summed E-state index contributed by atoms with van der Waals surface area (Å²) in [7, 11) is 1.99. The van der Waals surface area contributed by atoms with E-state index in [0.717, 1.165) is 36.3 Å². The molecule has 0 amide bonds. The Bertz CT molecular complexity index is 512. The summed E-state index contributed by atoms with van der Waals surface area (Å²) in [4.78, 5) is 10.6. The van der Waals surface area contributed by atoms with Gasteiger partial charge in [0.15, 0.2) is 0 Å². The van der Waals surface area contributed by atoms with Gasteiger partial charge in [0.05, 0.1) is 12.5 Å². The van der Waals surface area contributed by atoms with Gasteiger partial charge in [-0.05, 0) is 12.5 Å². The minimum absolute atomic E-state index is 0.686. The molecule has 6 heteroatoms. The molecule has 0 fully saturated rings. The van der Waals surface area contributed by atoms with E-state index in [9.17, 15) is 0 Å². The first-order chi connectivity index (χ1) is 9.26. The number of nitrogens with zero attached hydrogens (tertiary/aromatic N) is 3. The van der Waals surface area contributed by atoms with Crippen molar-refractivity contribution >= 4 is 11.6 Å². The van der Waals surface area contributed by atoms with Crippen molar-refractivity contribution in [2.75, 3.05) is 17.4 Å². The Morgan fingerprint density at radius 2 is 2.26 bits per heavy atom. The number of nitrogens with one attached hydrogen (secondary N) is 1. The maximum atomic E-state index is 5.51. The summed E-state index contributed by atoms with van der Waals surface area (Å²) in [6.45, 7) is 2.85. The first kappa shape index (κ1) is 13.4. The zero-order valence-corrected chi connectivity index (χ0v) is 11.3. The Morgan fingerprint density at radius 3 is 2.89 bits per heavy atom.